The molecule has 9 nitrogen and oxygen atoms in total. The minimum atomic E-state index is -1.30. The quantitative estimate of drug-likeness (QED) is 0.580. The van der Waals surface area contributed by atoms with E-state index in [0.717, 1.165) is 9.78 Å². The predicted octanol–water partition coefficient (Wildman–Crippen LogP) is 0.125. The Bertz CT molecular complexity index is 791. The number of hydrogen-bond donors (Lipinski definition) is 3. The normalized spacial score (nSPS) is 21.7. The highest BCUT2D eigenvalue weighted by Crippen LogP contribution is 2.40. The summed E-state index contributed by atoms with van der Waals surface area (Å²) in [5, 5.41) is 13.5. The number of thiophene rings is 1. The highest BCUT2D eigenvalue weighted by molar-refractivity contribution is 8.00. The van der Waals surface area contributed by atoms with Crippen LogP contribution in [0.25, 0.3) is 0 Å². The molecular weight excluding hydrogens is 382 g/mol. The summed E-state index contributed by atoms with van der Waals surface area (Å²) in [6.45, 7) is -0.296. The van der Waals surface area contributed by atoms with Crippen molar-refractivity contribution in [2.24, 2.45) is 5.73 Å². The Morgan fingerprint density at radius 2 is 2.19 bits per heavy atom. The summed E-state index contributed by atoms with van der Waals surface area (Å²) < 4.78 is 4.65. The first-order chi connectivity index (χ1) is 12.4. The van der Waals surface area contributed by atoms with E-state index < -0.39 is 29.4 Å². The minimum Gasteiger partial charge on any atom is -0.477 e. The van der Waals surface area contributed by atoms with Crippen LogP contribution in [0.2, 0.25) is 0 Å². The lowest BCUT2D eigenvalue weighted by atomic mass is 10.0. The lowest BCUT2D eigenvalue weighted by molar-refractivity contribution is -0.150. The Morgan fingerprint density at radius 3 is 2.81 bits per heavy atom. The summed E-state index contributed by atoms with van der Waals surface area (Å²) in [5.41, 5.74) is 4.97. The number of carbonyl (C=O) groups excluding carboxylic acids is 3. The zero-order chi connectivity index (χ0) is 18.8. The summed E-state index contributed by atoms with van der Waals surface area (Å²) in [6, 6.07) is 2.88. The van der Waals surface area contributed by atoms with Gasteiger partial charge in [0.25, 0.3) is 5.91 Å². The summed E-state index contributed by atoms with van der Waals surface area (Å²) in [7, 11) is 0. The van der Waals surface area contributed by atoms with Crippen molar-refractivity contribution in [3.8, 4) is 0 Å². The number of rotatable bonds is 6. The smallest absolute Gasteiger partial charge is 0.404 e. The van der Waals surface area contributed by atoms with Gasteiger partial charge < -0.3 is 20.9 Å². The van der Waals surface area contributed by atoms with Crippen LogP contribution in [0.5, 0.6) is 0 Å². The molecule has 0 unspecified atom stereocenters. The molecule has 0 aromatic carbocycles. The first kappa shape index (κ1) is 18.3. The number of primary amides is 1. The monoisotopic (exact) mass is 397 g/mol. The molecule has 0 bridgehead atoms. The molecule has 138 valence electrons. The fourth-order valence-corrected chi connectivity index (χ4v) is 4.78. The van der Waals surface area contributed by atoms with Crippen LogP contribution in [0, 0.1) is 0 Å². The number of carboxylic acids is 1. The number of fused-ring (bicyclic) bond motifs is 1. The second-order valence-electron chi connectivity index (χ2n) is 5.58. The summed E-state index contributed by atoms with van der Waals surface area (Å²) in [5.74, 6) is -1.85. The van der Waals surface area contributed by atoms with E-state index in [4.69, 9.17) is 5.73 Å². The van der Waals surface area contributed by atoms with Crippen molar-refractivity contribution in [2.75, 3.05) is 12.4 Å². The molecule has 4 N–H and O–H groups in total. The molecule has 11 heteroatoms. The molecule has 0 aliphatic carbocycles. The largest absolute Gasteiger partial charge is 0.477 e. The Morgan fingerprint density at radius 1 is 1.42 bits per heavy atom. The molecular formula is C15H15N3O6S2. The number of carboxylic acid groups (broad SMARTS) is 1. The average Bonchev–Trinajstić information content (AvgIpc) is 3.09. The van der Waals surface area contributed by atoms with Crippen LogP contribution in [0.1, 0.15) is 4.88 Å². The first-order valence-corrected chi connectivity index (χ1v) is 9.45. The molecule has 1 aromatic heterocycles. The number of nitrogens with two attached hydrogens (primary N) is 1. The Balaban J connectivity index is 1.69. The topological polar surface area (TPSA) is 139 Å². The van der Waals surface area contributed by atoms with Crippen LogP contribution in [0.4, 0.5) is 4.79 Å². The fourth-order valence-electron chi connectivity index (χ4n) is 2.75. The molecule has 2 atom stereocenters. The number of thioether (sulfide) groups is 1. The van der Waals surface area contributed by atoms with Crippen LogP contribution < -0.4 is 11.1 Å². The predicted molar refractivity (Wildman–Crippen MR) is 93.2 cm³/mol. The maximum absolute atomic E-state index is 12.4. The van der Waals surface area contributed by atoms with E-state index in [-0.39, 0.29) is 36.0 Å². The van der Waals surface area contributed by atoms with Crippen molar-refractivity contribution < 1.29 is 29.0 Å². The molecule has 0 spiro atoms. The number of nitrogens with one attached hydrogen (secondary N) is 1. The van der Waals surface area contributed by atoms with Gasteiger partial charge in [0.05, 0.1) is 6.42 Å². The van der Waals surface area contributed by atoms with Gasteiger partial charge in [-0.1, -0.05) is 6.07 Å². The van der Waals surface area contributed by atoms with Crippen molar-refractivity contribution in [1.82, 2.24) is 10.2 Å². The number of β-lactam (4-membered cyclic amide) rings is 1. The van der Waals surface area contributed by atoms with E-state index in [0.29, 0.717) is 0 Å². The molecule has 1 aromatic rings. The molecule has 3 rings (SSSR count). The van der Waals surface area contributed by atoms with Gasteiger partial charge in [-0.05, 0) is 11.4 Å². The number of hydrogen-bond acceptors (Lipinski definition) is 7. The van der Waals surface area contributed by atoms with Gasteiger partial charge in [-0.2, -0.15) is 0 Å². The lowest BCUT2D eigenvalue weighted by Gasteiger charge is -2.49. The Hall–Kier alpha value is -2.53. The molecule has 2 aliphatic heterocycles. The maximum Gasteiger partial charge on any atom is 0.404 e. The Labute approximate surface area is 156 Å². The van der Waals surface area contributed by atoms with Crippen LogP contribution in [-0.4, -0.2) is 57.7 Å². The van der Waals surface area contributed by atoms with Crippen LogP contribution in [0.15, 0.2) is 28.8 Å². The molecule has 0 saturated carbocycles. The zero-order valence-electron chi connectivity index (χ0n) is 13.3. The van der Waals surface area contributed by atoms with E-state index in [1.165, 1.54) is 23.1 Å². The van der Waals surface area contributed by atoms with E-state index in [1.807, 2.05) is 17.5 Å². The third-order valence-electron chi connectivity index (χ3n) is 3.87. The number of amides is 3. The van der Waals surface area contributed by atoms with Gasteiger partial charge in [0.15, 0.2) is 0 Å². The number of nitrogens with zero attached hydrogens (tertiary/aromatic N) is 1. The standard InChI is InChI=1S/C15H15N3O6S2/c16-15(23)24-5-7-6-26-13-10(12(20)18(13)11(7)14(21)22)17-9(19)4-8-2-1-3-25-8/h1-3,10,13H,4-6H2,(H2,16,23)(H,17,19)(H,21,22)/t10-,13-/m1/s1. The molecule has 26 heavy (non-hydrogen) atoms. The SMILES string of the molecule is NC(=O)OCC1=C(C(=O)O)N2C(=O)[C@@H](NC(=O)Cc3cccs3)[C@H]2SC1. The van der Waals surface area contributed by atoms with Gasteiger partial charge in [0, 0.05) is 16.2 Å². The van der Waals surface area contributed by atoms with Crippen molar-refractivity contribution in [2.45, 2.75) is 17.8 Å². The summed E-state index contributed by atoms with van der Waals surface area (Å²) in [4.78, 5) is 48.8. The van der Waals surface area contributed by atoms with Gasteiger partial charge in [-0.15, -0.1) is 23.1 Å². The molecule has 1 fully saturated rings. The molecule has 0 radical (unpaired) electrons. The molecule has 3 heterocycles. The number of aliphatic carboxylic acids is 1. The maximum atomic E-state index is 12.4. The van der Waals surface area contributed by atoms with Crippen molar-refractivity contribution in [1.29, 1.82) is 0 Å². The van der Waals surface area contributed by atoms with Crippen LogP contribution >= 0.6 is 23.1 Å². The first-order valence-electron chi connectivity index (χ1n) is 7.52. The fraction of sp³-hybridized carbons (Fsp3) is 0.333. The van der Waals surface area contributed by atoms with Gasteiger partial charge >= 0.3 is 12.1 Å². The third-order valence-corrected chi connectivity index (χ3v) is 6.09. The van der Waals surface area contributed by atoms with Crippen molar-refractivity contribution in [3.05, 3.63) is 33.7 Å². The molecule has 2 aliphatic rings. The van der Waals surface area contributed by atoms with Gasteiger partial charge in [-0.25, -0.2) is 9.59 Å². The van der Waals surface area contributed by atoms with E-state index >= 15 is 0 Å². The number of ether oxygens (including phenoxy) is 1. The average molecular weight is 397 g/mol. The van der Waals surface area contributed by atoms with Crippen molar-refractivity contribution >= 4 is 47.0 Å². The van der Waals surface area contributed by atoms with Gasteiger partial charge in [0.1, 0.15) is 23.7 Å². The molecule has 1 saturated heterocycles. The van der Waals surface area contributed by atoms with Crippen molar-refractivity contribution in [3.63, 3.8) is 0 Å². The van der Waals surface area contributed by atoms with Gasteiger partial charge in [-0.3, -0.25) is 14.5 Å². The summed E-state index contributed by atoms with van der Waals surface area (Å²) in [6.07, 6.45) is -0.860. The van der Waals surface area contributed by atoms with Crippen LogP contribution in [-0.2, 0) is 25.5 Å². The lowest BCUT2D eigenvalue weighted by Crippen LogP contribution is -2.70. The van der Waals surface area contributed by atoms with E-state index in [2.05, 4.69) is 10.1 Å². The molecule has 3 amide bonds. The van der Waals surface area contributed by atoms with Crippen LogP contribution in [0.3, 0.4) is 0 Å². The number of carbonyl (C=O) groups is 4. The second-order valence-corrected chi connectivity index (χ2v) is 7.71. The minimum absolute atomic E-state index is 0.165. The summed E-state index contributed by atoms with van der Waals surface area (Å²) >= 11 is 2.74. The highest BCUT2D eigenvalue weighted by Gasteiger charge is 2.54. The zero-order valence-corrected chi connectivity index (χ0v) is 15.0. The Kier molecular flexibility index (Phi) is 5.18. The van der Waals surface area contributed by atoms with E-state index in [9.17, 15) is 24.3 Å². The second kappa shape index (κ2) is 7.38. The third kappa shape index (κ3) is 3.53. The van der Waals surface area contributed by atoms with Gasteiger partial charge in [0.2, 0.25) is 5.91 Å². The van der Waals surface area contributed by atoms with E-state index in [1.54, 1.807) is 0 Å². The highest BCUT2D eigenvalue weighted by atomic mass is 32.2.